The van der Waals surface area contributed by atoms with Crippen molar-refractivity contribution in [1.82, 2.24) is 9.88 Å². The molecule has 0 unspecified atom stereocenters. The van der Waals surface area contributed by atoms with Crippen LogP contribution in [0.5, 0.6) is 0 Å². The topological polar surface area (TPSA) is 36.4 Å². The molecule has 3 nitrogen and oxygen atoms in total. The van der Waals surface area contributed by atoms with Crippen molar-refractivity contribution in [3.05, 3.63) is 54.4 Å². The van der Waals surface area contributed by atoms with Gasteiger partial charge in [-0.3, -0.25) is 9.88 Å². The monoisotopic (exact) mass is 269 g/mol. The minimum atomic E-state index is -0.134. The normalized spacial score (nSPS) is 11.8. The molecule has 0 amide bonds. The Morgan fingerprint density at radius 3 is 2.75 bits per heavy atom. The second kappa shape index (κ2) is 6.16. The summed E-state index contributed by atoms with van der Waals surface area (Å²) in [6, 6.07) is 13.4. The van der Waals surface area contributed by atoms with Crippen molar-refractivity contribution in [1.29, 1.82) is 0 Å². The Morgan fingerprint density at radius 2 is 2.10 bits per heavy atom. The number of hydrogen-bond acceptors (Lipinski definition) is 3. The van der Waals surface area contributed by atoms with Crippen molar-refractivity contribution in [3.63, 3.8) is 0 Å². The number of aliphatic hydroxyl groups excluding tert-OH is 1. The van der Waals surface area contributed by atoms with Crippen LogP contribution in [0.3, 0.4) is 0 Å². The quantitative estimate of drug-likeness (QED) is 0.906. The highest BCUT2D eigenvalue weighted by Crippen LogP contribution is 2.29. The zero-order chi connectivity index (χ0) is 14.6. The smallest absolute Gasteiger partial charge is 0.0558 e. The van der Waals surface area contributed by atoms with E-state index in [0.717, 1.165) is 11.1 Å². The fourth-order valence-electron chi connectivity index (χ4n) is 2.21. The fourth-order valence-corrected chi connectivity index (χ4v) is 2.21. The van der Waals surface area contributed by atoms with Gasteiger partial charge < -0.3 is 5.11 Å². The summed E-state index contributed by atoms with van der Waals surface area (Å²) in [6.07, 6.45) is 3.51. The van der Waals surface area contributed by atoms with Gasteiger partial charge in [-0.15, -0.1) is 0 Å². The van der Waals surface area contributed by atoms with Gasteiger partial charge in [0.05, 0.1) is 6.61 Å². The lowest BCUT2D eigenvalue weighted by atomic mass is 9.90. The van der Waals surface area contributed by atoms with Crippen LogP contribution in [-0.4, -0.2) is 35.2 Å². The lowest BCUT2D eigenvalue weighted by Crippen LogP contribution is -2.40. The molecule has 0 atom stereocenters. The number of likely N-dealkylation sites (N-methyl/N-ethyl adjacent to an activating group) is 1. The summed E-state index contributed by atoms with van der Waals surface area (Å²) in [7, 11) is 2.03. The molecule has 20 heavy (non-hydrogen) atoms. The standard InChI is InChI=1S/C17H21N2O/c1-17(2,19(3)10-11-20)16-8-4-6-14(12-16)15-7-5-9-18-13-15/h4,6-9,12-13,20H,10-11H2,1-3H3. The Hall–Kier alpha value is -1.71. The van der Waals surface area contributed by atoms with E-state index < -0.39 is 0 Å². The van der Waals surface area contributed by atoms with Gasteiger partial charge in [0.25, 0.3) is 0 Å². The third-order valence-electron chi connectivity index (χ3n) is 3.89. The van der Waals surface area contributed by atoms with E-state index in [1.807, 2.05) is 19.3 Å². The largest absolute Gasteiger partial charge is 0.395 e. The maximum atomic E-state index is 9.13. The minimum Gasteiger partial charge on any atom is -0.395 e. The summed E-state index contributed by atoms with van der Waals surface area (Å²) in [5, 5.41) is 9.13. The van der Waals surface area contributed by atoms with E-state index in [0.29, 0.717) is 6.54 Å². The zero-order valence-corrected chi connectivity index (χ0v) is 12.3. The van der Waals surface area contributed by atoms with Crippen LogP contribution in [0.1, 0.15) is 19.4 Å². The van der Waals surface area contributed by atoms with Crippen LogP contribution in [-0.2, 0) is 5.54 Å². The van der Waals surface area contributed by atoms with Crippen LogP contribution in [0.15, 0.2) is 42.7 Å². The van der Waals surface area contributed by atoms with Gasteiger partial charge in [0.2, 0.25) is 0 Å². The molecule has 0 saturated carbocycles. The van der Waals surface area contributed by atoms with E-state index in [2.05, 4.69) is 54.1 Å². The van der Waals surface area contributed by atoms with Gasteiger partial charge in [0, 0.05) is 36.1 Å². The Bertz CT molecular complexity index is 552. The number of benzene rings is 1. The number of pyridine rings is 1. The molecular weight excluding hydrogens is 248 g/mol. The van der Waals surface area contributed by atoms with Crippen LogP contribution < -0.4 is 0 Å². The molecular formula is C17H21N2O. The van der Waals surface area contributed by atoms with E-state index in [9.17, 15) is 0 Å². The number of aromatic nitrogens is 1. The van der Waals surface area contributed by atoms with E-state index in [-0.39, 0.29) is 12.1 Å². The van der Waals surface area contributed by atoms with Crippen molar-refractivity contribution >= 4 is 0 Å². The summed E-state index contributed by atoms with van der Waals surface area (Å²) >= 11 is 0. The Morgan fingerprint density at radius 1 is 1.30 bits per heavy atom. The van der Waals surface area contributed by atoms with Crippen molar-refractivity contribution in [2.75, 3.05) is 20.2 Å². The maximum Gasteiger partial charge on any atom is 0.0558 e. The predicted octanol–water partition coefficient (Wildman–Crippen LogP) is 2.71. The van der Waals surface area contributed by atoms with Gasteiger partial charge in [-0.25, -0.2) is 0 Å². The van der Waals surface area contributed by atoms with Gasteiger partial charge >= 0.3 is 0 Å². The number of rotatable bonds is 5. The third kappa shape index (κ3) is 3.06. The highest BCUT2D eigenvalue weighted by atomic mass is 16.3. The molecule has 1 aromatic heterocycles. The van der Waals surface area contributed by atoms with E-state index in [4.69, 9.17) is 5.11 Å². The van der Waals surface area contributed by atoms with Gasteiger partial charge in [0.15, 0.2) is 0 Å². The second-order valence-corrected chi connectivity index (χ2v) is 5.46. The van der Waals surface area contributed by atoms with Crippen molar-refractivity contribution in [2.24, 2.45) is 0 Å². The summed E-state index contributed by atoms with van der Waals surface area (Å²) in [5.41, 5.74) is 3.28. The fraction of sp³-hybridized carbons (Fsp3) is 0.353. The second-order valence-electron chi connectivity index (χ2n) is 5.46. The molecule has 1 N–H and O–H groups in total. The molecule has 0 aliphatic heterocycles. The van der Waals surface area contributed by atoms with E-state index in [1.54, 1.807) is 6.20 Å². The third-order valence-corrected chi connectivity index (χ3v) is 3.89. The van der Waals surface area contributed by atoms with Crippen molar-refractivity contribution < 1.29 is 5.11 Å². The van der Waals surface area contributed by atoms with Crippen LogP contribution in [0.2, 0.25) is 0 Å². The summed E-state index contributed by atoms with van der Waals surface area (Å²) in [5.74, 6) is 0. The number of hydrogen-bond donors (Lipinski definition) is 1. The highest BCUT2D eigenvalue weighted by molar-refractivity contribution is 5.63. The lowest BCUT2D eigenvalue weighted by molar-refractivity contribution is 0.122. The zero-order valence-electron chi connectivity index (χ0n) is 12.3. The van der Waals surface area contributed by atoms with Gasteiger partial charge in [-0.2, -0.15) is 0 Å². The van der Waals surface area contributed by atoms with Crippen LogP contribution in [0.4, 0.5) is 0 Å². The Labute approximate surface area is 120 Å². The molecule has 0 fully saturated rings. The molecule has 0 spiro atoms. The first-order valence-corrected chi connectivity index (χ1v) is 6.80. The molecule has 1 aromatic carbocycles. The van der Waals surface area contributed by atoms with Crippen LogP contribution in [0.25, 0.3) is 11.1 Å². The van der Waals surface area contributed by atoms with Crippen LogP contribution >= 0.6 is 0 Å². The van der Waals surface area contributed by atoms with Crippen molar-refractivity contribution in [3.8, 4) is 11.1 Å². The van der Waals surface area contributed by atoms with Gasteiger partial charge in [-0.05, 0) is 44.2 Å². The summed E-state index contributed by atoms with van der Waals surface area (Å²) in [6.45, 7) is 5.14. The molecule has 0 aliphatic carbocycles. The SMILES string of the molecule is CN(CCO)C(C)(C)c1cccc(-c2c[c]cnc2)c1. The Balaban J connectivity index is 2.35. The minimum absolute atomic E-state index is 0.134. The molecule has 1 heterocycles. The predicted molar refractivity (Wildman–Crippen MR) is 81.3 cm³/mol. The average Bonchev–Trinajstić information content (AvgIpc) is 2.48. The van der Waals surface area contributed by atoms with Gasteiger partial charge in [0.1, 0.15) is 0 Å². The van der Waals surface area contributed by atoms with Crippen molar-refractivity contribution in [2.45, 2.75) is 19.4 Å². The molecule has 105 valence electrons. The first-order chi connectivity index (χ1) is 9.55. The molecule has 2 rings (SSSR count). The van der Waals surface area contributed by atoms with E-state index >= 15 is 0 Å². The molecule has 0 bridgehead atoms. The summed E-state index contributed by atoms with van der Waals surface area (Å²) in [4.78, 5) is 6.27. The first-order valence-electron chi connectivity index (χ1n) is 6.80. The molecule has 0 aliphatic rings. The molecule has 2 aromatic rings. The number of aliphatic hydroxyl groups is 1. The molecule has 3 heteroatoms. The highest BCUT2D eigenvalue weighted by Gasteiger charge is 2.25. The lowest BCUT2D eigenvalue weighted by Gasteiger charge is -2.36. The average molecular weight is 269 g/mol. The first kappa shape index (κ1) is 14.7. The molecule has 1 radical (unpaired) electrons. The Kier molecular flexibility index (Phi) is 4.53. The maximum absolute atomic E-state index is 9.13. The number of nitrogens with zero attached hydrogens (tertiary/aromatic N) is 2. The molecule has 0 saturated heterocycles. The van der Waals surface area contributed by atoms with Crippen LogP contribution in [0, 0.1) is 6.07 Å². The van der Waals surface area contributed by atoms with Gasteiger partial charge in [-0.1, -0.05) is 18.2 Å². The van der Waals surface area contributed by atoms with E-state index in [1.165, 1.54) is 5.56 Å². The summed E-state index contributed by atoms with van der Waals surface area (Å²) < 4.78 is 0.